The molecule has 0 unspecified atom stereocenters. The standard InChI is InChI=1S/C11H11F4NO2/c12-8-4-1-3-7(10(17)18)9(8)16-6-2-5-11(13,14)15/h1,3-4,16H,2,5-6H2,(H,17,18). The van der Waals surface area contributed by atoms with Gasteiger partial charge in [-0.1, -0.05) is 6.07 Å². The highest BCUT2D eigenvalue weighted by atomic mass is 19.4. The van der Waals surface area contributed by atoms with Crippen molar-refractivity contribution in [3.63, 3.8) is 0 Å². The van der Waals surface area contributed by atoms with Crippen LogP contribution in [0.4, 0.5) is 23.2 Å². The zero-order chi connectivity index (χ0) is 13.8. The maximum atomic E-state index is 13.3. The Morgan fingerprint density at radius 2 is 2.00 bits per heavy atom. The van der Waals surface area contributed by atoms with Crippen LogP contribution < -0.4 is 5.32 Å². The summed E-state index contributed by atoms with van der Waals surface area (Å²) >= 11 is 0. The molecule has 0 fully saturated rings. The van der Waals surface area contributed by atoms with E-state index in [9.17, 15) is 22.4 Å². The Bertz CT molecular complexity index is 432. The average Bonchev–Trinajstić information content (AvgIpc) is 2.24. The predicted octanol–water partition coefficient (Wildman–Crippen LogP) is 3.28. The van der Waals surface area contributed by atoms with Gasteiger partial charge in [0.1, 0.15) is 5.82 Å². The van der Waals surface area contributed by atoms with Crippen molar-refractivity contribution in [2.75, 3.05) is 11.9 Å². The van der Waals surface area contributed by atoms with Gasteiger partial charge in [-0.15, -0.1) is 0 Å². The van der Waals surface area contributed by atoms with Crippen molar-refractivity contribution in [3.05, 3.63) is 29.6 Å². The van der Waals surface area contributed by atoms with E-state index in [-0.39, 0.29) is 24.2 Å². The van der Waals surface area contributed by atoms with Crippen molar-refractivity contribution in [1.82, 2.24) is 0 Å². The minimum absolute atomic E-state index is 0.152. The predicted molar refractivity (Wildman–Crippen MR) is 57.1 cm³/mol. The van der Waals surface area contributed by atoms with Crippen LogP contribution in [-0.4, -0.2) is 23.8 Å². The smallest absolute Gasteiger partial charge is 0.389 e. The van der Waals surface area contributed by atoms with Gasteiger partial charge in [0.05, 0.1) is 11.3 Å². The van der Waals surface area contributed by atoms with Gasteiger partial charge in [-0.05, 0) is 18.6 Å². The largest absolute Gasteiger partial charge is 0.478 e. The van der Waals surface area contributed by atoms with Crippen molar-refractivity contribution in [2.24, 2.45) is 0 Å². The molecule has 1 aromatic carbocycles. The molecule has 0 amide bonds. The summed E-state index contributed by atoms with van der Waals surface area (Å²) in [6.45, 7) is -0.152. The molecular formula is C11H11F4NO2. The Hall–Kier alpha value is -1.79. The van der Waals surface area contributed by atoms with E-state index < -0.39 is 24.4 Å². The number of carbonyl (C=O) groups is 1. The van der Waals surface area contributed by atoms with Gasteiger partial charge in [-0.3, -0.25) is 0 Å². The SMILES string of the molecule is O=C(O)c1cccc(F)c1NCCCC(F)(F)F. The van der Waals surface area contributed by atoms with Crippen molar-refractivity contribution in [1.29, 1.82) is 0 Å². The van der Waals surface area contributed by atoms with Crippen LogP contribution in [0.25, 0.3) is 0 Å². The van der Waals surface area contributed by atoms with E-state index in [4.69, 9.17) is 5.11 Å². The number of hydrogen-bond acceptors (Lipinski definition) is 2. The van der Waals surface area contributed by atoms with Crippen LogP contribution in [0.3, 0.4) is 0 Å². The lowest BCUT2D eigenvalue weighted by Gasteiger charge is -2.11. The van der Waals surface area contributed by atoms with E-state index in [0.29, 0.717) is 0 Å². The lowest BCUT2D eigenvalue weighted by molar-refractivity contribution is -0.134. The summed E-state index contributed by atoms with van der Waals surface area (Å²) in [4.78, 5) is 10.8. The van der Waals surface area contributed by atoms with Gasteiger partial charge in [-0.25, -0.2) is 9.18 Å². The van der Waals surface area contributed by atoms with E-state index >= 15 is 0 Å². The molecule has 0 aliphatic rings. The number of halogens is 4. The van der Waals surface area contributed by atoms with E-state index in [1.807, 2.05) is 0 Å². The average molecular weight is 265 g/mol. The quantitative estimate of drug-likeness (QED) is 0.634. The summed E-state index contributed by atoms with van der Waals surface area (Å²) < 4.78 is 48.9. The molecule has 0 saturated carbocycles. The molecule has 0 aliphatic heterocycles. The lowest BCUT2D eigenvalue weighted by atomic mass is 10.1. The van der Waals surface area contributed by atoms with E-state index in [2.05, 4.69) is 5.32 Å². The Morgan fingerprint density at radius 3 is 2.56 bits per heavy atom. The van der Waals surface area contributed by atoms with Crippen LogP contribution in [0.2, 0.25) is 0 Å². The van der Waals surface area contributed by atoms with Gasteiger partial charge in [0.15, 0.2) is 0 Å². The molecule has 100 valence electrons. The maximum Gasteiger partial charge on any atom is 0.389 e. The molecule has 18 heavy (non-hydrogen) atoms. The molecule has 0 aliphatic carbocycles. The third-order valence-electron chi connectivity index (χ3n) is 2.18. The maximum absolute atomic E-state index is 13.3. The molecule has 1 rings (SSSR count). The number of benzene rings is 1. The summed E-state index contributed by atoms with van der Waals surface area (Å²) in [7, 11) is 0. The van der Waals surface area contributed by atoms with Crippen molar-refractivity contribution >= 4 is 11.7 Å². The van der Waals surface area contributed by atoms with Crippen LogP contribution in [0.5, 0.6) is 0 Å². The molecule has 7 heteroatoms. The number of carboxylic acid groups (broad SMARTS) is 1. The Kier molecular flexibility index (Phi) is 4.52. The number of hydrogen-bond donors (Lipinski definition) is 2. The minimum Gasteiger partial charge on any atom is -0.478 e. The fourth-order valence-corrected chi connectivity index (χ4v) is 1.38. The van der Waals surface area contributed by atoms with Gasteiger partial charge in [0.2, 0.25) is 0 Å². The first kappa shape index (κ1) is 14.3. The van der Waals surface area contributed by atoms with Crippen LogP contribution in [0, 0.1) is 5.82 Å². The lowest BCUT2D eigenvalue weighted by Crippen LogP contribution is -2.13. The zero-order valence-corrected chi connectivity index (χ0v) is 9.22. The van der Waals surface area contributed by atoms with Crippen LogP contribution in [0.15, 0.2) is 18.2 Å². The molecule has 0 heterocycles. The third-order valence-corrected chi connectivity index (χ3v) is 2.18. The van der Waals surface area contributed by atoms with Crippen molar-refractivity contribution < 1.29 is 27.5 Å². The second kappa shape index (κ2) is 5.70. The molecule has 2 N–H and O–H groups in total. The van der Waals surface area contributed by atoms with Crippen molar-refractivity contribution in [2.45, 2.75) is 19.0 Å². The first-order valence-electron chi connectivity index (χ1n) is 5.13. The second-order valence-corrected chi connectivity index (χ2v) is 3.61. The number of rotatable bonds is 5. The number of para-hydroxylation sites is 1. The first-order chi connectivity index (χ1) is 8.31. The summed E-state index contributed by atoms with van der Waals surface area (Å²) in [6, 6.07) is 3.44. The Morgan fingerprint density at radius 1 is 1.33 bits per heavy atom. The Balaban J connectivity index is 2.64. The van der Waals surface area contributed by atoms with Gasteiger partial charge in [0.25, 0.3) is 0 Å². The molecule has 1 aromatic rings. The number of nitrogens with one attached hydrogen (secondary N) is 1. The second-order valence-electron chi connectivity index (χ2n) is 3.61. The van der Waals surface area contributed by atoms with Crippen LogP contribution in [-0.2, 0) is 0 Å². The highest BCUT2D eigenvalue weighted by Gasteiger charge is 2.26. The van der Waals surface area contributed by atoms with E-state index in [0.717, 1.165) is 6.07 Å². The summed E-state index contributed by atoms with van der Waals surface area (Å²) in [5.74, 6) is -2.14. The van der Waals surface area contributed by atoms with Crippen LogP contribution in [0.1, 0.15) is 23.2 Å². The summed E-state index contributed by atoms with van der Waals surface area (Å²) in [5, 5.41) is 11.2. The van der Waals surface area contributed by atoms with E-state index in [1.165, 1.54) is 12.1 Å². The van der Waals surface area contributed by atoms with E-state index in [1.54, 1.807) is 0 Å². The monoisotopic (exact) mass is 265 g/mol. The normalized spacial score (nSPS) is 11.3. The zero-order valence-electron chi connectivity index (χ0n) is 9.22. The number of carboxylic acids is 1. The summed E-state index contributed by atoms with van der Waals surface area (Å²) in [5.41, 5.74) is -0.589. The topological polar surface area (TPSA) is 49.3 Å². The first-order valence-corrected chi connectivity index (χ1v) is 5.13. The molecular weight excluding hydrogens is 254 g/mol. The summed E-state index contributed by atoms with van der Waals surface area (Å²) in [6.07, 6.45) is -5.53. The Labute approximate surface area is 100 Å². The van der Waals surface area contributed by atoms with Gasteiger partial charge in [-0.2, -0.15) is 13.2 Å². The molecule has 0 radical (unpaired) electrons. The molecule has 0 spiro atoms. The van der Waals surface area contributed by atoms with Crippen molar-refractivity contribution in [3.8, 4) is 0 Å². The van der Waals surface area contributed by atoms with Gasteiger partial charge >= 0.3 is 12.1 Å². The molecule has 0 aromatic heterocycles. The molecule has 0 bridgehead atoms. The fraction of sp³-hybridized carbons (Fsp3) is 0.364. The highest BCUT2D eigenvalue weighted by molar-refractivity contribution is 5.94. The molecule has 0 saturated heterocycles. The third kappa shape index (κ3) is 4.23. The number of aromatic carboxylic acids is 1. The minimum atomic E-state index is -4.27. The van der Waals surface area contributed by atoms with Gasteiger partial charge in [0, 0.05) is 13.0 Å². The highest BCUT2D eigenvalue weighted by Crippen LogP contribution is 2.23. The molecule has 3 nitrogen and oxygen atoms in total. The number of anilines is 1. The van der Waals surface area contributed by atoms with Gasteiger partial charge < -0.3 is 10.4 Å². The number of alkyl halides is 3. The molecule has 0 atom stereocenters. The van der Waals surface area contributed by atoms with Crippen LogP contribution >= 0.6 is 0 Å². The fourth-order valence-electron chi connectivity index (χ4n) is 1.38.